The first-order valence-corrected chi connectivity index (χ1v) is 15.2. The van der Waals surface area contributed by atoms with Gasteiger partial charge in [0.15, 0.2) is 0 Å². The quantitative estimate of drug-likeness (QED) is 0.141. The fourth-order valence-electron chi connectivity index (χ4n) is 4.25. The van der Waals surface area contributed by atoms with Crippen LogP contribution in [0.4, 0.5) is 0 Å². The zero-order chi connectivity index (χ0) is 24.4. The van der Waals surface area contributed by atoms with Crippen LogP contribution in [0.2, 0.25) is 0 Å². The molecule has 33 heavy (non-hydrogen) atoms. The van der Waals surface area contributed by atoms with Gasteiger partial charge in [0.05, 0.1) is 11.9 Å². The maximum atomic E-state index is 11.1. The zero-order valence-corrected chi connectivity index (χ0v) is 22.4. The second-order valence-corrected chi connectivity index (χ2v) is 11.3. The lowest BCUT2D eigenvalue weighted by molar-refractivity contribution is 0.215. The van der Waals surface area contributed by atoms with Crippen LogP contribution in [0.3, 0.4) is 0 Å². The van der Waals surface area contributed by atoms with Gasteiger partial charge in [0, 0.05) is 6.42 Å². The van der Waals surface area contributed by atoms with E-state index < -0.39 is 10.1 Å². The molecule has 4 nitrogen and oxygen atoms in total. The van der Waals surface area contributed by atoms with Gasteiger partial charge in [-0.05, 0) is 49.8 Å². The van der Waals surface area contributed by atoms with Gasteiger partial charge in [-0.15, -0.1) is 0 Å². The number of benzene rings is 1. The van der Waals surface area contributed by atoms with Gasteiger partial charge in [0.2, 0.25) is 0 Å². The normalized spacial score (nSPS) is 12.7. The summed E-state index contributed by atoms with van der Waals surface area (Å²) in [6.45, 7) is 6.37. The summed E-state index contributed by atoms with van der Waals surface area (Å²) >= 11 is 0. The second kappa shape index (κ2) is 18.3. The number of rotatable bonds is 21. The molecular formula is C28H50O4S. The molecule has 1 unspecified atom stereocenters. The first kappa shape index (κ1) is 30.0. The largest absolute Gasteiger partial charge is 0.490 e. The van der Waals surface area contributed by atoms with E-state index in [0.29, 0.717) is 0 Å². The Kier molecular flexibility index (Phi) is 16.6. The molecule has 0 aliphatic carbocycles. The Morgan fingerprint density at radius 3 is 1.85 bits per heavy atom. The minimum absolute atomic E-state index is 0.256. The van der Waals surface area contributed by atoms with Crippen molar-refractivity contribution in [3.05, 3.63) is 29.3 Å². The van der Waals surface area contributed by atoms with Gasteiger partial charge in [-0.3, -0.25) is 4.55 Å². The highest BCUT2D eigenvalue weighted by molar-refractivity contribution is 7.85. The fraction of sp³-hybridized carbons (Fsp3) is 0.786. The highest BCUT2D eigenvalue weighted by atomic mass is 32.2. The highest BCUT2D eigenvalue weighted by Crippen LogP contribution is 2.26. The minimum atomic E-state index is -3.96. The molecule has 0 fully saturated rings. The van der Waals surface area contributed by atoms with Crippen molar-refractivity contribution in [3.8, 4) is 5.75 Å². The Morgan fingerprint density at radius 1 is 0.788 bits per heavy atom. The molecule has 5 heteroatoms. The van der Waals surface area contributed by atoms with Crippen LogP contribution in [-0.4, -0.2) is 24.8 Å². The van der Waals surface area contributed by atoms with Gasteiger partial charge in [-0.1, -0.05) is 103 Å². The van der Waals surface area contributed by atoms with Crippen LogP contribution in [0.25, 0.3) is 0 Å². The van der Waals surface area contributed by atoms with Gasteiger partial charge in [0.1, 0.15) is 5.75 Å². The fourth-order valence-corrected chi connectivity index (χ4v) is 4.88. The second-order valence-electron chi connectivity index (χ2n) is 9.69. The first-order chi connectivity index (χ1) is 15.9. The van der Waals surface area contributed by atoms with Crippen LogP contribution < -0.4 is 4.74 Å². The summed E-state index contributed by atoms with van der Waals surface area (Å²) < 4.78 is 37.3. The van der Waals surface area contributed by atoms with E-state index in [1.807, 2.05) is 6.92 Å². The van der Waals surface area contributed by atoms with Crippen molar-refractivity contribution < 1.29 is 17.7 Å². The summed E-state index contributed by atoms with van der Waals surface area (Å²) in [6, 6.07) is 6.53. The molecule has 0 aromatic heterocycles. The molecule has 0 amide bonds. The average Bonchev–Trinajstić information content (AvgIpc) is 2.77. The van der Waals surface area contributed by atoms with E-state index in [-0.39, 0.29) is 18.3 Å². The number of aryl methyl sites for hydroxylation is 2. The number of unbranched alkanes of at least 4 members (excludes halogenated alkanes) is 12. The lowest BCUT2D eigenvalue weighted by Gasteiger charge is -2.18. The topological polar surface area (TPSA) is 63.6 Å². The third-order valence-electron chi connectivity index (χ3n) is 6.35. The van der Waals surface area contributed by atoms with Crippen LogP contribution in [0.15, 0.2) is 18.2 Å². The molecule has 0 spiro atoms. The lowest BCUT2D eigenvalue weighted by Crippen LogP contribution is -2.18. The molecular weight excluding hydrogens is 432 g/mol. The molecule has 192 valence electrons. The predicted octanol–water partition coefficient (Wildman–Crippen LogP) is 8.32. The molecule has 1 aromatic rings. The van der Waals surface area contributed by atoms with E-state index in [1.165, 1.54) is 94.6 Å². The smallest absolute Gasteiger partial charge is 0.264 e. The monoisotopic (exact) mass is 482 g/mol. The van der Waals surface area contributed by atoms with E-state index in [4.69, 9.17) is 9.29 Å². The Labute approximate surface area is 204 Å². The van der Waals surface area contributed by atoms with Crippen molar-refractivity contribution in [1.82, 2.24) is 0 Å². The van der Waals surface area contributed by atoms with Gasteiger partial charge < -0.3 is 4.74 Å². The molecule has 0 bridgehead atoms. The summed E-state index contributed by atoms with van der Waals surface area (Å²) in [5, 5.41) is 0. The summed E-state index contributed by atoms with van der Waals surface area (Å²) in [5.74, 6) is 0.601. The van der Waals surface area contributed by atoms with Crippen LogP contribution in [0.5, 0.6) is 5.75 Å². The van der Waals surface area contributed by atoms with Crippen molar-refractivity contribution in [1.29, 1.82) is 0 Å². The van der Waals surface area contributed by atoms with Crippen LogP contribution >= 0.6 is 0 Å². The molecule has 1 aromatic carbocycles. The highest BCUT2D eigenvalue weighted by Gasteiger charge is 2.13. The summed E-state index contributed by atoms with van der Waals surface area (Å²) in [7, 11) is -3.96. The first-order valence-electron chi connectivity index (χ1n) is 13.6. The van der Waals surface area contributed by atoms with Gasteiger partial charge >= 0.3 is 0 Å². The lowest BCUT2D eigenvalue weighted by atomic mass is 9.99. The van der Waals surface area contributed by atoms with E-state index in [9.17, 15) is 8.42 Å². The summed E-state index contributed by atoms with van der Waals surface area (Å²) in [4.78, 5) is 0. The number of hydrogen-bond acceptors (Lipinski definition) is 3. The molecule has 0 aliphatic heterocycles. The van der Waals surface area contributed by atoms with E-state index in [0.717, 1.165) is 25.0 Å². The molecule has 0 aliphatic rings. The van der Waals surface area contributed by atoms with Crippen LogP contribution in [0, 0.1) is 0 Å². The molecule has 0 heterocycles. The SMILES string of the molecule is CCCCCCCCCc1ccc(OC(C)CCS(=O)(=O)O)c(CCCCCCCCC)c1. The predicted molar refractivity (Wildman–Crippen MR) is 141 cm³/mol. The molecule has 1 N–H and O–H groups in total. The van der Waals surface area contributed by atoms with E-state index >= 15 is 0 Å². The van der Waals surface area contributed by atoms with Crippen molar-refractivity contribution >= 4 is 10.1 Å². The van der Waals surface area contributed by atoms with Gasteiger partial charge in [0.25, 0.3) is 10.1 Å². The van der Waals surface area contributed by atoms with Crippen molar-refractivity contribution in [2.75, 3.05) is 5.75 Å². The van der Waals surface area contributed by atoms with Gasteiger partial charge in [-0.25, -0.2) is 0 Å². The van der Waals surface area contributed by atoms with Crippen LogP contribution in [-0.2, 0) is 23.0 Å². The standard InChI is InChI=1S/C28H50O4S/c1-4-6-8-10-12-14-16-18-26-20-21-28(32-25(3)22-23-33(29,30)31)27(24-26)19-17-15-13-11-9-7-5-2/h20-21,24-25H,4-19,22-23H2,1-3H3,(H,29,30,31). The van der Waals surface area contributed by atoms with E-state index in [2.05, 4.69) is 32.0 Å². The molecule has 0 radical (unpaired) electrons. The molecule has 0 saturated carbocycles. The molecule has 1 atom stereocenters. The maximum Gasteiger partial charge on any atom is 0.264 e. The molecule has 0 saturated heterocycles. The maximum absolute atomic E-state index is 11.1. The number of hydrogen-bond donors (Lipinski definition) is 1. The Hall–Kier alpha value is -1.07. The van der Waals surface area contributed by atoms with Crippen LogP contribution in [0.1, 0.15) is 128 Å². The Balaban J connectivity index is 2.60. The Bertz CT molecular complexity index is 715. The summed E-state index contributed by atoms with van der Waals surface area (Å²) in [6.07, 6.45) is 20.3. The van der Waals surface area contributed by atoms with Crippen molar-refractivity contribution in [2.24, 2.45) is 0 Å². The minimum Gasteiger partial charge on any atom is -0.490 e. The molecule has 1 rings (SSSR count). The van der Waals surface area contributed by atoms with Gasteiger partial charge in [-0.2, -0.15) is 8.42 Å². The third-order valence-corrected chi connectivity index (χ3v) is 7.11. The zero-order valence-electron chi connectivity index (χ0n) is 21.6. The number of ether oxygens (including phenoxy) is 1. The average molecular weight is 483 g/mol. The van der Waals surface area contributed by atoms with E-state index in [1.54, 1.807) is 0 Å². The summed E-state index contributed by atoms with van der Waals surface area (Å²) in [5.41, 5.74) is 2.61. The van der Waals surface area contributed by atoms with Crippen molar-refractivity contribution in [3.63, 3.8) is 0 Å². The van der Waals surface area contributed by atoms with Crippen molar-refractivity contribution in [2.45, 2.75) is 136 Å². The third kappa shape index (κ3) is 16.2. The Morgan fingerprint density at radius 2 is 1.30 bits per heavy atom.